The van der Waals surface area contributed by atoms with Crippen molar-refractivity contribution in [1.29, 1.82) is 0 Å². The van der Waals surface area contributed by atoms with E-state index in [1.807, 2.05) is 0 Å². The van der Waals surface area contributed by atoms with Crippen molar-refractivity contribution < 1.29 is 23.1 Å². The van der Waals surface area contributed by atoms with Crippen LogP contribution in [-0.4, -0.2) is 41.8 Å². The number of methoxy groups -OCH3 is 1. The number of aromatic nitrogens is 3. The smallest absolute Gasteiger partial charge is 0.349 e. The van der Waals surface area contributed by atoms with E-state index in [1.165, 1.54) is 30.9 Å². The van der Waals surface area contributed by atoms with Crippen molar-refractivity contribution in [1.82, 2.24) is 15.2 Å². The first-order chi connectivity index (χ1) is 14.4. The molecule has 0 fully saturated rings. The van der Waals surface area contributed by atoms with Gasteiger partial charge in [-0.15, -0.1) is 11.3 Å². The molecule has 9 nitrogen and oxygen atoms in total. The molecule has 2 aromatic heterocycles. The summed E-state index contributed by atoms with van der Waals surface area (Å²) in [5.41, 5.74) is 0.243. The molecule has 12 heteroatoms. The van der Waals surface area contributed by atoms with Gasteiger partial charge in [0.25, 0.3) is 10.0 Å². The second kappa shape index (κ2) is 7.97. The number of thiophene rings is 1. The molecule has 0 radical (unpaired) electrons. The Morgan fingerprint density at radius 3 is 2.73 bits per heavy atom. The summed E-state index contributed by atoms with van der Waals surface area (Å²) in [7, 11) is -2.92. The zero-order chi connectivity index (χ0) is 21.3. The fraction of sp³-hybridized carbons (Fsp3) is 0.0556. The first-order valence-corrected chi connectivity index (χ1v) is 11.5. The number of ether oxygens (including phenoxy) is 1. The molecule has 2 aromatic carbocycles. The highest BCUT2D eigenvalue weighted by Gasteiger charge is 2.26. The number of rotatable bonds is 6. The molecule has 0 saturated heterocycles. The Kier molecular flexibility index (Phi) is 5.37. The number of carbonyl (C=O) groups is 1. The summed E-state index contributed by atoms with van der Waals surface area (Å²) in [5, 5.41) is 20.0. The van der Waals surface area contributed by atoms with Crippen LogP contribution in [0.5, 0.6) is 5.75 Å². The molecule has 0 atom stereocenters. The molecule has 30 heavy (non-hydrogen) atoms. The third-order valence-corrected chi connectivity index (χ3v) is 7.47. The molecular weight excluding hydrogens is 448 g/mol. The highest BCUT2D eigenvalue weighted by molar-refractivity contribution is 7.99. The maximum absolute atomic E-state index is 13.1. The van der Waals surface area contributed by atoms with Gasteiger partial charge in [-0.25, -0.2) is 18.2 Å². The molecule has 0 spiro atoms. The number of nitrogens with zero attached hydrogens (tertiary/aromatic N) is 2. The number of H-pyrrole nitrogens is 1. The van der Waals surface area contributed by atoms with Gasteiger partial charge in [-0.3, -0.25) is 9.82 Å². The lowest BCUT2D eigenvalue weighted by Crippen LogP contribution is -2.16. The van der Waals surface area contributed by atoms with E-state index in [9.17, 15) is 18.3 Å². The molecule has 0 saturated carbocycles. The molecular formula is C18H14N4O5S3. The van der Waals surface area contributed by atoms with E-state index >= 15 is 0 Å². The lowest BCUT2D eigenvalue weighted by atomic mass is 10.1. The van der Waals surface area contributed by atoms with Gasteiger partial charge in [-0.05, 0) is 29.3 Å². The van der Waals surface area contributed by atoms with Crippen molar-refractivity contribution in [3.63, 3.8) is 0 Å². The maximum Gasteiger partial charge on any atom is 0.349 e. The van der Waals surface area contributed by atoms with E-state index in [0.29, 0.717) is 20.8 Å². The number of sulfonamides is 1. The third kappa shape index (κ3) is 3.72. The molecule has 0 aliphatic heterocycles. The number of hydrogen-bond donors (Lipinski definition) is 3. The van der Waals surface area contributed by atoms with Crippen LogP contribution in [0.4, 0.5) is 5.69 Å². The maximum atomic E-state index is 13.1. The number of carbonyl (C=O) groups excluding carboxylic acids is 1. The monoisotopic (exact) mass is 462 g/mol. The molecule has 0 aliphatic carbocycles. The van der Waals surface area contributed by atoms with Gasteiger partial charge in [0.05, 0.1) is 17.7 Å². The largest absolute Gasteiger partial charge is 0.506 e. The van der Waals surface area contributed by atoms with Gasteiger partial charge < -0.3 is 9.84 Å². The summed E-state index contributed by atoms with van der Waals surface area (Å²) in [5.74, 6) is -0.747. The van der Waals surface area contributed by atoms with Crippen LogP contribution >= 0.6 is 23.1 Å². The van der Waals surface area contributed by atoms with E-state index < -0.39 is 16.0 Å². The zero-order valence-electron chi connectivity index (χ0n) is 15.3. The van der Waals surface area contributed by atoms with E-state index in [-0.39, 0.29) is 21.2 Å². The Morgan fingerprint density at radius 1 is 1.27 bits per heavy atom. The quantitative estimate of drug-likeness (QED) is 0.293. The number of fused-ring (bicyclic) bond motifs is 1. The van der Waals surface area contributed by atoms with Crippen molar-refractivity contribution in [2.45, 2.75) is 14.9 Å². The van der Waals surface area contributed by atoms with E-state index in [1.54, 1.807) is 24.3 Å². The van der Waals surface area contributed by atoms with Crippen LogP contribution in [-0.2, 0) is 14.8 Å². The Morgan fingerprint density at radius 2 is 2.03 bits per heavy atom. The number of benzene rings is 2. The van der Waals surface area contributed by atoms with Crippen molar-refractivity contribution in [2.24, 2.45) is 0 Å². The van der Waals surface area contributed by atoms with Crippen LogP contribution < -0.4 is 4.72 Å². The molecule has 3 N–H and O–H groups in total. The van der Waals surface area contributed by atoms with Crippen LogP contribution in [0.3, 0.4) is 0 Å². The van der Waals surface area contributed by atoms with Gasteiger partial charge >= 0.3 is 5.97 Å². The zero-order valence-corrected chi connectivity index (χ0v) is 17.8. The number of anilines is 1. The summed E-state index contributed by atoms with van der Waals surface area (Å²) in [4.78, 5) is 16.1. The second-order valence-corrected chi connectivity index (χ2v) is 9.52. The summed E-state index contributed by atoms with van der Waals surface area (Å²) in [6.45, 7) is 0. The minimum absolute atomic E-state index is 0.0132. The van der Waals surface area contributed by atoms with Crippen molar-refractivity contribution in [3.8, 4) is 5.75 Å². The number of phenolic OH excluding ortho intramolecular Hbond substituents is 1. The summed E-state index contributed by atoms with van der Waals surface area (Å²) < 4.78 is 33.3. The number of hydrogen-bond acceptors (Lipinski definition) is 9. The Balaban J connectivity index is 1.81. The predicted molar refractivity (Wildman–Crippen MR) is 113 cm³/mol. The Hall–Kier alpha value is -3.09. The standard InChI is InChI=1S/C18H14N4O5S3/c1-27-17(24)16-14(6-7-28-16)30(25,26)22-12-8-13(29-18-19-9-20-21-18)15(23)11-5-3-2-4-10(11)12/h2-9,22-23H,1H3,(H,19,20,21). The topological polar surface area (TPSA) is 134 Å². The van der Waals surface area contributed by atoms with Crippen molar-refractivity contribution in [2.75, 3.05) is 11.8 Å². The first kappa shape index (κ1) is 20.2. The molecule has 0 unspecified atom stereocenters. The van der Waals surface area contributed by atoms with Gasteiger partial charge in [-0.1, -0.05) is 24.3 Å². The Bertz CT molecular complexity index is 1330. The summed E-state index contributed by atoms with van der Waals surface area (Å²) >= 11 is 2.07. The van der Waals surface area contributed by atoms with Crippen LogP contribution in [0.15, 0.2) is 63.1 Å². The Labute approximate surface area is 179 Å². The first-order valence-electron chi connectivity index (χ1n) is 8.37. The molecule has 4 aromatic rings. The summed E-state index contributed by atoms with van der Waals surface area (Å²) in [6, 6.07) is 9.67. The van der Waals surface area contributed by atoms with Gasteiger partial charge in [0.2, 0.25) is 0 Å². The fourth-order valence-electron chi connectivity index (χ4n) is 2.79. The van der Waals surface area contributed by atoms with Crippen LogP contribution in [0.2, 0.25) is 0 Å². The van der Waals surface area contributed by atoms with Gasteiger partial charge in [0.15, 0.2) is 5.16 Å². The minimum atomic E-state index is -4.11. The molecule has 2 heterocycles. The van der Waals surface area contributed by atoms with Gasteiger partial charge in [0.1, 0.15) is 21.8 Å². The summed E-state index contributed by atoms with van der Waals surface area (Å²) in [6.07, 6.45) is 1.33. The molecule has 0 aliphatic rings. The van der Waals surface area contributed by atoms with E-state index in [0.717, 1.165) is 23.1 Å². The minimum Gasteiger partial charge on any atom is -0.506 e. The molecule has 0 bridgehead atoms. The van der Waals surface area contributed by atoms with Gasteiger partial charge in [-0.2, -0.15) is 5.10 Å². The highest BCUT2D eigenvalue weighted by atomic mass is 32.2. The lowest BCUT2D eigenvalue weighted by Gasteiger charge is -2.14. The van der Waals surface area contributed by atoms with E-state index in [4.69, 9.17) is 0 Å². The average molecular weight is 463 g/mol. The molecule has 0 amide bonds. The molecule has 154 valence electrons. The van der Waals surface area contributed by atoms with Crippen LogP contribution in [0.25, 0.3) is 10.8 Å². The second-order valence-electron chi connectivity index (χ2n) is 5.92. The normalized spacial score (nSPS) is 11.5. The van der Waals surface area contributed by atoms with Crippen LogP contribution in [0, 0.1) is 0 Å². The SMILES string of the molecule is COC(=O)c1sccc1S(=O)(=O)Nc1cc(Sc2ncn[nH]2)c(O)c2ccccc12. The number of aromatic hydroxyl groups is 1. The van der Waals surface area contributed by atoms with Crippen molar-refractivity contribution >= 4 is 55.6 Å². The number of phenols is 1. The lowest BCUT2D eigenvalue weighted by molar-refractivity contribution is 0.0602. The highest BCUT2D eigenvalue weighted by Crippen LogP contribution is 2.42. The third-order valence-electron chi connectivity index (χ3n) is 4.11. The van der Waals surface area contributed by atoms with Gasteiger partial charge in [0, 0.05) is 10.8 Å². The number of aromatic amines is 1. The van der Waals surface area contributed by atoms with Crippen LogP contribution in [0.1, 0.15) is 9.67 Å². The fourth-order valence-corrected chi connectivity index (χ4v) is 5.99. The van der Waals surface area contributed by atoms with E-state index in [2.05, 4.69) is 24.6 Å². The number of nitrogens with one attached hydrogen (secondary N) is 2. The van der Waals surface area contributed by atoms with Crippen molar-refractivity contribution in [3.05, 3.63) is 53.0 Å². The molecule has 4 rings (SSSR count). The number of esters is 1. The average Bonchev–Trinajstić information content (AvgIpc) is 3.43. The predicted octanol–water partition coefficient (Wildman–Crippen LogP) is 3.46.